The molecule has 2 N–H and O–H groups in total. The van der Waals surface area contributed by atoms with Crippen LogP contribution in [0.15, 0.2) is 17.5 Å². The lowest BCUT2D eigenvalue weighted by molar-refractivity contribution is 0.151. The van der Waals surface area contributed by atoms with Gasteiger partial charge in [0, 0.05) is 30.1 Å². The second-order valence-corrected chi connectivity index (χ2v) is 7.61. The highest BCUT2D eigenvalue weighted by atomic mass is 32.1. The van der Waals surface area contributed by atoms with Gasteiger partial charge in [0.05, 0.1) is 0 Å². The zero-order valence-corrected chi connectivity index (χ0v) is 12.7. The van der Waals surface area contributed by atoms with Gasteiger partial charge in [0.25, 0.3) is 0 Å². The smallest absolute Gasteiger partial charge is 0.0330 e. The van der Waals surface area contributed by atoms with Crippen molar-refractivity contribution in [2.45, 2.75) is 57.7 Å². The number of rotatable bonds is 5. The summed E-state index contributed by atoms with van der Waals surface area (Å²) in [6, 6.07) is 5.70. The molecule has 3 atom stereocenters. The minimum absolute atomic E-state index is 0.431. The lowest BCUT2D eigenvalue weighted by Gasteiger charge is -2.36. The van der Waals surface area contributed by atoms with E-state index in [1.165, 1.54) is 43.5 Å². The van der Waals surface area contributed by atoms with E-state index < -0.39 is 0 Å². The Kier molecular flexibility index (Phi) is 4.25. The van der Waals surface area contributed by atoms with E-state index in [0.717, 1.165) is 18.5 Å². The highest BCUT2D eigenvalue weighted by molar-refractivity contribution is 7.09. The quantitative estimate of drug-likeness (QED) is 0.893. The van der Waals surface area contributed by atoms with Crippen LogP contribution in [-0.2, 0) is 6.54 Å². The second-order valence-electron chi connectivity index (χ2n) is 6.58. The number of nitrogens with zero attached hydrogens (tertiary/aromatic N) is 1. The number of thiophene rings is 1. The molecule has 0 bridgehead atoms. The summed E-state index contributed by atoms with van der Waals surface area (Å²) >= 11 is 1.89. The number of hydrogen-bond acceptors (Lipinski definition) is 3. The Morgan fingerprint density at radius 2 is 2.16 bits per heavy atom. The molecule has 0 radical (unpaired) electrons. The van der Waals surface area contributed by atoms with Gasteiger partial charge in [0.2, 0.25) is 0 Å². The van der Waals surface area contributed by atoms with Crippen molar-refractivity contribution >= 4 is 11.3 Å². The van der Waals surface area contributed by atoms with Crippen molar-refractivity contribution in [1.82, 2.24) is 4.90 Å². The average Bonchev–Trinajstić information content (AvgIpc) is 3.12. The van der Waals surface area contributed by atoms with E-state index in [1.807, 2.05) is 11.3 Å². The molecule has 3 unspecified atom stereocenters. The predicted molar refractivity (Wildman–Crippen MR) is 82.2 cm³/mol. The Morgan fingerprint density at radius 1 is 1.32 bits per heavy atom. The summed E-state index contributed by atoms with van der Waals surface area (Å²) in [4.78, 5) is 4.21. The minimum Gasteiger partial charge on any atom is -0.327 e. The molecular weight excluding hydrogens is 252 g/mol. The van der Waals surface area contributed by atoms with Gasteiger partial charge in [0.1, 0.15) is 0 Å². The first-order valence-corrected chi connectivity index (χ1v) is 8.62. The van der Waals surface area contributed by atoms with Gasteiger partial charge < -0.3 is 5.73 Å². The first-order chi connectivity index (χ1) is 9.22. The lowest BCUT2D eigenvalue weighted by Crippen LogP contribution is -2.43. The Labute approximate surface area is 121 Å². The number of nitrogens with two attached hydrogens (primary N) is 1. The molecule has 0 amide bonds. The minimum atomic E-state index is 0.431. The van der Waals surface area contributed by atoms with Crippen LogP contribution in [0.2, 0.25) is 0 Å². The van der Waals surface area contributed by atoms with Crippen molar-refractivity contribution in [2.75, 3.05) is 6.54 Å². The van der Waals surface area contributed by atoms with Crippen molar-refractivity contribution < 1.29 is 0 Å². The van der Waals surface area contributed by atoms with Crippen molar-refractivity contribution in [3.05, 3.63) is 22.4 Å². The van der Waals surface area contributed by atoms with Crippen LogP contribution in [0.25, 0.3) is 0 Å². The third-order valence-electron chi connectivity index (χ3n) is 4.77. The topological polar surface area (TPSA) is 29.3 Å². The first kappa shape index (κ1) is 13.6. The fourth-order valence-electron chi connectivity index (χ4n) is 3.42. The maximum Gasteiger partial charge on any atom is 0.0330 e. The van der Waals surface area contributed by atoms with E-state index in [0.29, 0.717) is 12.0 Å². The Morgan fingerprint density at radius 3 is 2.84 bits per heavy atom. The van der Waals surface area contributed by atoms with Crippen LogP contribution in [0.3, 0.4) is 0 Å². The molecule has 1 aromatic heterocycles. The van der Waals surface area contributed by atoms with E-state index in [2.05, 4.69) is 29.3 Å². The van der Waals surface area contributed by atoms with Gasteiger partial charge >= 0.3 is 0 Å². The van der Waals surface area contributed by atoms with Gasteiger partial charge in [-0.25, -0.2) is 0 Å². The van der Waals surface area contributed by atoms with E-state index in [1.54, 1.807) is 0 Å². The van der Waals surface area contributed by atoms with Gasteiger partial charge in [0.15, 0.2) is 0 Å². The van der Waals surface area contributed by atoms with Crippen molar-refractivity contribution in [1.29, 1.82) is 0 Å². The molecule has 3 rings (SSSR count). The van der Waals surface area contributed by atoms with Crippen LogP contribution in [0.1, 0.15) is 43.9 Å². The van der Waals surface area contributed by atoms with Gasteiger partial charge in [-0.05, 0) is 55.4 Å². The third kappa shape index (κ3) is 3.59. The first-order valence-electron chi connectivity index (χ1n) is 7.74. The van der Waals surface area contributed by atoms with Crippen LogP contribution in [0, 0.1) is 11.8 Å². The highest BCUT2D eigenvalue weighted by Gasteiger charge is 2.34. The Bertz CT molecular complexity index is 385. The fourth-order valence-corrected chi connectivity index (χ4v) is 4.15. The molecule has 0 aromatic carbocycles. The summed E-state index contributed by atoms with van der Waals surface area (Å²) in [6.45, 7) is 4.74. The maximum absolute atomic E-state index is 6.36. The van der Waals surface area contributed by atoms with Gasteiger partial charge in [-0.1, -0.05) is 13.0 Å². The molecule has 19 heavy (non-hydrogen) atoms. The molecule has 0 aliphatic heterocycles. The molecule has 2 saturated carbocycles. The molecule has 0 saturated heterocycles. The van der Waals surface area contributed by atoms with Crippen molar-refractivity contribution in [2.24, 2.45) is 17.6 Å². The SMILES string of the molecule is CC1CCC(N)C(CN(Cc2cccs2)C2CC2)C1. The zero-order chi connectivity index (χ0) is 13.2. The molecule has 2 aliphatic rings. The maximum atomic E-state index is 6.36. The van der Waals surface area contributed by atoms with Crippen LogP contribution in [0.5, 0.6) is 0 Å². The van der Waals surface area contributed by atoms with Gasteiger partial charge in [-0.3, -0.25) is 4.90 Å². The van der Waals surface area contributed by atoms with Crippen LogP contribution in [-0.4, -0.2) is 23.5 Å². The monoisotopic (exact) mass is 278 g/mol. The summed E-state index contributed by atoms with van der Waals surface area (Å²) < 4.78 is 0. The molecule has 106 valence electrons. The Balaban J connectivity index is 1.60. The standard InChI is InChI=1S/C16H26N2S/c1-12-4-7-16(17)13(9-12)10-18(14-5-6-14)11-15-3-2-8-19-15/h2-3,8,12-14,16H,4-7,9-11,17H2,1H3. The Hall–Kier alpha value is -0.380. The molecule has 2 aliphatic carbocycles. The zero-order valence-electron chi connectivity index (χ0n) is 11.9. The van der Waals surface area contributed by atoms with Gasteiger partial charge in [-0.2, -0.15) is 0 Å². The normalized spacial score (nSPS) is 31.8. The molecule has 1 heterocycles. The largest absolute Gasteiger partial charge is 0.327 e. The van der Waals surface area contributed by atoms with Crippen LogP contribution in [0.4, 0.5) is 0 Å². The van der Waals surface area contributed by atoms with Crippen molar-refractivity contribution in [3.8, 4) is 0 Å². The van der Waals surface area contributed by atoms with E-state index >= 15 is 0 Å². The van der Waals surface area contributed by atoms with Crippen LogP contribution >= 0.6 is 11.3 Å². The molecule has 3 heteroatoms. The average molecular weight is 278 g/mol. The second kappa shape index (κ2) is 5.94. The van der Waals surface area contributed by atoms with E-state index in [-0.39, 0.29) is 0 Å². The molecular formula is C16H26N2S. The van der Waals surface area contributed by atoms with Crippen molar-refractivity contribution in [3.63, 3.8) is 0 Å². The molecule has 2 nitrogen and oxygen atoms in total. The van der Waals surface area contributed by atoms with Gasteiger partial charge in [-0.15, -0.1) is 11.3 Å². The number of hydrogen-bond donors (Lipinski definition) is 1. The summed E-state index contributed by atoms with van der Waals surface area (Å²) in [5.74, 6) is 1.58. The van der Waals surface area contributed by atoms with E-state index in [4.69, 9.17) is 5.73 Å². The van der Waals surface area contributed by atoms with Crippen LogP contribution < -0.4 is 5.73 Å². The molecule has 2 fully saturated rings. The predicted octanol–water partition coefficient (Wildman–Crippen LogP) is 3.48. The highest BCUT2D eigenvalue weighted by Crippen LogP contribution is 2.34. The fraction of sp³-hybridized carbons (Fsp3) is 0.750. The summed E-state index contributed by atoms with van der Waals surface area (Å²) in [6.07, 6.45) is 6.66. The lowest BCUT2D eigenvalue weighted by atomic mass is 9.79. The summed E-state index contributed by atoms with van der Waals surface area (Å²) in [5, 5.41) is 2.19. The molecule has 1 aromatic rings. The third-order valence-corrected chi connectivity index (χ3v) is 5.64. The summed E-state index contributed by atoms with van der Waals surface area (Å²) in [5.41, 5.74) is 6.36. The summed E-state index contributed by atoms with van der Waals surface area (Å²) in [7, 11) is 0. The van der Waals surface area contributed by atoms with E-state index in [9.17, 15) is 0 Å². The molecule has 0 spiro atoms.